The highest BCUT2D eigenvalue weighted by Crippen LogP contribution is 2.24. The van der Waals surface area contributed by atoms with E-state index in [0.717, 1.165) is 10.0 Å². The van der Waals surface area contributed by atoms with Gasteiger partial charge in [0.2, 0.25) is 5.82 Å². The summed E-state index contributed by atoms with van der Waals surface area (Å²) >= 11 is 9.50. The molecule has 1 heterocycles. The van der Waals surface area contributed by atoms with Crippen LogP contribution in [0.3, 0.4) is 0 Å². The third kappa shape index (κ3) is 3.45. The van der Waals surface area contributed by atoms with Crippen LogP contribution in [0.15, 0.2) is 53.0 Å². The van der Waals surface area contributed by atoms with E-state index < -0.39 is 0 Å². The van der Waals surface area contributed by atoms with Crippen LogP contribution >= 0.6 is 27.5 Å². The third-order valence-corrected chi connectivity index (χ3v) is 3.96. The predicted octanol–water partition coefficient (Wildman–Crippen LogP) is 3.84. The number of rotatable bonds is 5. The number of hydrogen-bond donors (Lipinski definition) is 0. The minimum Gasteiger partial charge on any atom is -0.490 e. The smallest absolute Gasteiger partial charge is 0.206 e. The summed E-state index contributed by atoms with van der Waals surface area (Å²) in [4.78, 5) is 1.51. The zero-order valence-corrected chi connectivity index (χ0v) is 13.8. The van der Waals surface area contributed by atoms with E-state index in [9.17, 15) is 0 Å². The Bertz CT molecular complexity index is 777. The zero-order chi connectivity index (χ0) is 15.4. The van der Waals surface area contributed by atoms with E-state index in [2.05, 4.69) is 31.3 Å². The Morgan fingerprint density at radius 3 is 2.68 bits per heavy atom. The lowest BCUT2D eigenvalue weighted by atomic mass is 10.2. The first-order valence-corrected chi connectivity index (χ1v) is 7.81. The Morgan fingerprint density at radius 1 is 1.09 bits per heavy atom. The Morgan fingerprint density at radius 2 is 1.86 bits per heavy atom. The van der Waals surface area contributed by atoms with Crippen molar-refractivity contribution in [3.8, 4) is 17.1 Å². The van der Waals surface area contributed by atoms with Gasteiger partial charge in [0.1, 0.15) is 12.4 Å². The number of tetrazole rings is 1. The second-order valence-electron chi connectivity index (χ2n) is 4.47. The van der Waals surface area contributed by atoms with Gasteiger partial charge in [-0.2, -0.15) is 4.80 Å². The van der Waals surface area contributed by atoms with Gasteiger partial charge in [-0.1, -0.05) is 51.8 Å². The number of para-hydroxylation sites is 1. The van der Waals surface area contributed by atoms with E-state index in [1.165, 1.54) is 4.80 Å². The Balaban J connectivity index is 1.63. The number of hydrogen-bond acceptors (Lipinski definition) is 4. The van der Waals surface area contributed by atoms with Crippen LogP contribution in [-0.4, -0.2) is 26.8 Å². The molecule has 3 rings (SSSR count). The average Bonchev–Trinajstić information content (AvgIpc) is 2.98. The standard InChI is InChI=1S/C15H12BrClN4O/c16-12-6-2-1-5-11(12)15-18-20-21(19-15)9-10-22-14-8-4-3-7-13(14)17/h1-8H,9-10H2. The highest BCUT2D eigenvalue weighted by atomic mass is 79.9. The van der Waals surface area contributed by atoms with Crippen LogP contribution in [0.1, 0.15) is 0 Å². The van der Waals surface area contributed by atoms with Crippen molar-refractivity contribution in [2.45, 2.75) is 6.54 Å². The number of aromatic nitrogens is 4. The monoisotopic (exact) mass is 378 g/mol. The SMILES string of the molecule is Clc1ccccc1OCCn1nnc(-c2ccccc2Br)n1. The van der Waals surface area contributed by atoms with Gasteiger partial charge in [0.05, 0.1) is 11.6 Å². The fourth-order valence-corrected chi connectivity index (χ4v) is 2.54. The van der Waals surface area contributed by atoms with Gasteiger partial charge in [-0.3, -0.25) is 0 Å². The summed E-state index contributed by atoms with van der Waals surface area (Å²) in [6, 6.07) is 15.1. The quantitative estimate of drug-likeness (QED) is 0.676. The molecule has 0 bridgehead atoms. The molecule has 0 radical (unpaired) electrons. The van der Waals surface area contributed by atoms with Crippen molar-refractivity contribution in [1.29, 1.82) is 0 Å². The van der Waals surface area contributed by atoms with Crippen LogP contribution in [0.5, 0.6) is 5.75 Å². The van der Waals surface area contributed by atoms with Gasteiger partial charge in [0.15, 0.2) is 0 Å². The molecule has 0 atom stereocenters. The Kier molecular flexibility index (Phi) is 4.70. The van der Waals surface area contributed by atoms with Gasteiger partial charge < -0.3 is 4.74 Å². The second kappa shape index (κ2) is 6.89. The molecule has 22 heavy (non-hydrogen) atoms. The highest BCUT2D eigenvalue weighted by molar-refractivity contribution is 9.10. The molecule has 0 aliphatic rings. The summed E-state index contributed by atoms with van der Waals surface area (Å²) in [5, 5.41) is 13.0. The van der Waals surface area contributed by atoms with Crippen LogP contribution < -0.4 is 4.74 Å². The molecule has 5 nitrogen and oxygen atoms in total. The molecule has 0 aliphatic carbocycles. The summed E-state index contributed by atoms with van der Waals surface area (Å²) < 4.78 is 6.54. The molecule has 112 valence electrons. The van der Waals surface area contributed by atoms with Crippen LogP contribution in [0.2, 0.25) is 5.02 Å². The summed E-state index contributed by atoms with van der Waals surface area (Å²) in [6.45, 7) is 0.901. The van der Waals surface area contributed by atoms with E-state index >= 15 is 0 Å². The van der Waals surface area contributed by atoms with Crippen molar-refractivity contribution < 1.29 is 4.74 Å². The molecule has 0 unspecified atom stereocenters. The lowest BCUT2D eigenvalue weighted by Crippen LogP contribution is -2.11. The van der Waals surface area contributed by atoms with Crippen LogP contribution in [0.25, 0.3) is 11.4 Å². The molecule has 7 heteroatoms. The maximum absolute atomic E-state index is 6.03. The molecule has 1 aromatic heterocycles. The molecule has 0 aliphatic heterocycles. The fourth-order valence-electron chi connectivity index (χ4n) is 1.89. The van der Waals surface area contributed by atoms with Crippen LogP contribution in [-0.2, 0) is 6.54 Å². The van der Waals surface area contributed by atoms with Gasteiger partial charge in [-0.05, 0) is 29.5 Å². The van der Waals surface area contributed by atoms with E-state index in [-0.39, 0.29) is 0 Å². The second-order valence-corrected chi connectivity index (χ2v) is 5.73. The lowest BCUT2D eigenvalue weighted by molar-refractivity contribution is 0.280. The van der Waals surface area contributed by atoms with Crippen molar-refractivity contribution >= 4 is 27.5 Å². The maximum atomic E-state index is 6.03. The van der Waals surface area contributed by atoms with Crippen molar-refractivity contribution in [2.24, 2.45) is 0 Å². The topological polar surface area (TPSA) is 52.8 Å². The third-order valence-electron chi connectivity index (χ3n) is 2.95. The Hall–Kier alpha value is -1.92. The van der Waals surface area contributed by atoms with Crippen molar-refractivity contribution in [2.75, 3.05) is 6.61 Å². The van der Waals surface area contributed by atoms with Gasteiger partial charge >= 0.3 is 0 Å². The fraction of sp³-hybridized carbons (Fsp3) is 0.133. The first-order chi connectivity index (χ1) is 10.7. The maximum Gasteiger partial charge on any atom is 0.206 e. The number of ether oxygens (including phenoxy) is 1. The highest BCUT2D eigenvalue weighted by Gasteiger charge is 2.09. The molecule has 0 spiro atoms. The molecule has 0 fully saturated rings. The van der Waals surface area contributed by atoms with Gasteiger partial charge in [-0.25, -0.2) is 0 Å². The molecular formula is C15H12BrClN4O. The molecule has 0 amide bonds. The van der Waals surface area contributed by atoms with E-state index in [0.29, 0.717) is 29.7 Å². The predicted molar refractivity (Wildman–Crippen MR) is 87.9 cm³/mol. The van der Waals surface area contributed by atoms with Crippen LogP contribution in [0.4, 0.5) is 0 Å². The van der Waals surface area contributed by atoms with Crippen LogP contribution in [0, 0.1) is 0 Å². The lowest BCUT2D eigenvalue weighted by Gasteiger charge is -2.06. The summed E-state index contributed by atoms with van der Waals surface area (Å²) in [5.74, 6) is 1.22. The summed E-state index contributed by atoms with van der Waals surface area (Å²) in [6.07, 6.45) is 0. The van der Waals surface area contributed by atoms with E-state index in [4.69, 9.17) is 16.3 Å². The molecule has 0 N–H and O–H groups in total. The van der Waals surface area contributed by atoms with E-state index in [1.54, 1.807) is 6.07 Å². The molecule has 0 saturated carbocycles. The zero-order valence-electron chi connectivity index (χ0n) is 11.5. The minimum absolute atomic E-state index is 0.412. The molecule has 3 aromatic rings. The first kappa shape index (κ1) is 15.0. The summed E-state index contributed by atoms with van der Waals surface area (Å²) in [5.41, 5.74) is 0.903. The van der Waals surface area contributed by atoms with Crippen molar-refractivity contribution in [1.82, 2.24) is 20.2 Å². The van der Waals surface area contributed by atoms with Gasteiger partial charge in [0.25, 0.3) is 0 Å². The Labute approximate surface area is 141 Å². The number of benzene rings is 2. The summed E-state index contributed by atoms with van der Waals surface area (Å²) in [7, 11) is 0. The number of nitrogens with zero attached hydrogens (tertiary/aromatic N) is 4. The normalized spacial score (nSPS) is 10.6. The molecular weight excluding hydrogens is 368 g/mol. The van der Waals surface area contributed by atoms with Gasteiger partial charge in [0, 0.05) is 10.0 Å². The van der Waals surface area contributed by atoms with Gasteiger partial charge in [-0.15, -0.1) is 10.2 Å². The van der Waals surface area contributed by atoms with E-state index in [1.807, 2.05) is 42.5 Å². The average molecular weight is 380 g/mol. The minimum atomic E-state index is 0.412. The van der Waals surface area contributed by atoms with Crippen molar-refractivity contribution in [3.63, 3.8) is 0 Å². The number of halogens is 2. The largest absolute Gasteiger partial charge is 0.490 e. The first-order valence-electron chi connectivity index (χ1n) is 6.64. The van der Waals surface area contributed by atoms with Crippen molar-refractivity contribution in [3.05, 3.63) is 58.0 Å². The molecule has 2 aromatic carbocycles. The molecule has 0 saturated heterocycles.